The van der Waals surface area contributed by atoms with E-state index >= 15 is 0 Å². The third-order valence-corrected chi connectivity index (χ3v) is 5.80. The molecule has 0 saturated carbocycles. The van der Waals surface area contributed by atoms with E-state index in [1.807, 2.05) is 60.3 Å². The third kappa shape index (κ3) is 4.99. The molecule has 1 aliphatic heterocycles. The van der Waals surface area contributed by atoms with Gasteiger partial charge >= 0.3 is 0 Å². The van der Waals surface area contributed by atoms with E-state index in [9.17, 15) is 0 Å². The summed E-state index contributed by atoms with van der Waals surface area (Å²) in [6.45, 7) is 7.96. The standard InChI is InChI=1S/C26H29N5O2/c1-19-8-10-24(33-19)26-22(18-31(29-26)23-6-4-3-5-7-23)16-27-14-21-9-11-25(28-15-21)30-12-13-32-20(2)17-30/h3-11,15,18,20,27H,12-14,16-17H2,1-2H3. The van der Waals surface area contributed by atoms with Gasteiger partial charge in [-0.05, 0) is 49.7 Å². The maximum absolute atomic E-state index is 5.88. The van der Waals surface area contributed by atoms with Crippen molar-refractivity contribution >= 4 is 5.82 Å². The summed E-state index contributed by atoms with van der Waals surface area (Å²) in [6, 6.07) is 18.3. The summed E-state index contributed by atoms with van der Waals surface area (Å²) in [6.07, 6.45) is 4.26. The molecule has 0 bridgehead atoms. The van der Waals surface area contributed by atoms with E-state index in [4.69, 9.17) is 14.3 Å². The first kappa shape index (κ1) is 21.4. The maximum Gasteiger partial charge on any atom is 0.154 e. The molecule has 1 fully saturated rings. The number of ether oxygens (including phenoxy) is 1. The van der Waals surface area contributed by atoms with Gasteiger partial charge < -0.3 is 19.4 Å². The zero-order valence-electron chi connectivity index (χ0n) is 19.1. The molecular weight excluding hydrogens is 414 g/mol. The molecule has 0 aliphatic carbocycles. The Balaban J connectivity index is 1.27. The molecule has 33 heavy (non-hydrogen) atoms. The van der Waals surface area contributed by atoms with Crippen molar-refractivity contribution in [2.75, 3.05) is 24.6 Å². The molecule has 1 saturated heterocycles. The van der Waals surface area contributed by atoms with Gasteiger partial charge in [0.2, 0.25) is 0 Å². The molecule has 1 unspecified atom stereocenters. The summed E-state index contributed by atoms with van der Waals surface area (Å²) in [4.78, 5) is 6.95. The third-order valence-electron chi connectivity index (χ3n) is 5.80. The lowest BCUT2D eigenvalue weighted by Crippen LogP contribution is -2.41. The lowest BCUT2D eigenvalue weighted by atomic mass is 10.2. The van der Waals surface area contributed by atoms with Crippen molar-refractivity contribution in [1.29, 1.82) is 0 Å². The summed E-state index contributed by atoms with van der Waals surface area (Å²) in [7, 11) is 0. The lowest BCUT2D eigenvalue weighted by Gasteiger charge is -2.32. The Morgan fingerprint density at radius 3 is 2.67 bits per heavy atom. The molecule has 1 aromatic carbocycles. The molecule has 0 amide bonds. The SMILES string of the molecule is Cc1ccc(-c2nn(-c3ccccc3)cc2CNCc2ccc(N3CCOC(C)C3)nc2)o1. The van der Waals surface area contributed by atoms with Gasteiger partial charge in [-0.25, -0.2) is 9.67 Å². The van der Waals surface area contributed by atoms with Crippen LogP contribution in [0.3, 0.4) is 0 Å². The Hall–Kier alpha value is -3.42. The minimum atomic E-state index is 0.242. The number of nitrogens with one attached hydrogen (secondary N) is 1. The minimum Gasteiger partial charge on any atom is -0.460 e. The van der Waals surface area contributed by atoms with Crippen LogP contribution in [-0.4, -0.2) is 40.6 Å². The zero-order chi connectivity index (χ0) is 22.6. The Kier molecular flexibility index (Phi) is 6.24. The van der Waals surface area contributed by atoms with E-state index < -0.39 is 0 Å². The molecule has 7 heteroatoms. The first-order valence-corrected chi connectivity index (χ1v) is 11.4. The van der Waals surface area contributed by atoms with Crippen LogP contribution >= 0.6 is 0 Å². The van der Waals surface area contributed by atoms with Crippen molar-refractivity contribution in [2.45, 2.75) is 33.0 Å². The number of nitrogens with zero attached hydrogens (tertiary/aromatic N) is 4. The average molecular weight is 444 g/mol. The summed E-state index contributed by atoms with van der Waals surface area (Å²) in [5, 5.41) is 8.35. The fourth-order valence-corrected chi connectivity index (χ4v) is 4.10. The fourth-order valence-electron chi connectivity index (χ4n) is 4.10. The molecular formula is C26H29N5O2. The number of furan rings is 1. The predicted molar refractivity (Wildman–Crippen MR) is 128 cm³/mol. The van der Waals surface area contributed by atoms with Crippen LogP contribution in [0.25, 0.3) is 17.1 Å². The summed E-state index contributed by atoms with van der Waals surface area (Å²) in [5.74, 6) is 2.66. The van der Waals surface area contributed by atoms with Crippen LogP contribution in [0.15, 0.2) is 71.4 Å². The van der Waals surface area contributed by atoms with Crippen LogP contribution in [0, 0.1) is 6.92 Å². The highest BCUT2D eigenvalue weighted by Crippen LogP contribution is 2.26. The van der Waals surface area contributed by atoms with Crippen LogP contribution in [-0.2, 0) is 17.8 Å². The largest absolute Gasteiger partial charge is 0.460 e. The number of anilines is 1. The zero-order valence-corrected chi connectivity index (χ0v) is 19.1. The number of hydrogen-bond donors (Lipinski definition) is 1. The number of rotatable bonds is 7. The fraction of sp³-hybridized carbons (Fsp3) is 0.308. The van der Waals surface area contributed by atoms with Gasteiger partial charge in [0, 0.05) is 44.1 Å². The quantitative estimate of drug-likeness (QED) is 0.458. The molecule has 0 spiro atoms. The number of aromatic nitrogens is 3. The summed E-state index contributed by atoms with van der Waals surface area (Å²) < 4.78 is 13.4. The molecule has 7 nitrogen and oxygen atoms in total. The van der Waals surface area contributed by atoms with Gasteiger partial charge in [-0.1, -0.05) is 24.3 Å². The highest BCUT2D eigenvalue weighted by atomic mass is 16.5. The van der Waals surface area contributed by atoms with Crippen LogP contribution in [0.5, 0.6) is 0 Å². The first-order chi connectivity index (χ1) is 16.2. The van der Waals surface area contributed by atoms with Gasteiger partial charge in [-0.3, -0.25) is 0 Å². The number of para-hydroxylation sites is 1. The molecule has 170 valence electrons. The van der Waals surface area contributed by atoms with E-state index in [0.29, 0.717) is 6.54 Å². The van der Waals surface area contributed by atoms with Crippen LogP contribution in [0.1, 0.15) is 23.8 Å². The van der Waals surface area contributed by atoms with Gasteiger partial charge in [0.25, 0.3) is 0 Å². The van der Waals surface area contributed by atoms with Gasteiger partial charge in [0.15, 0.2) is 5.76 Å². The number of aryl methyl sites for hydroxylation is 1. The predicted octanol–water partition coefficient (Wildman–Crippen LogP) is 4.35. The molecule has 1 aliphatic rings. The number of pyridine rings is 1. The van der Waals surface area contributed by atoms with E-state index in [-0.39, 0.29) is 6.10 Å². The maximum atomic E-state index is 5.88. The van der Waals surface area contributed by atoms with E-state index in [2.05, 4.69) is 40.5 Å². The molecule has 0 radical (unpaired) electrons. The second-order valence-electron chi connectivity index (χ2n) is 8.45. The van der Waals surface area contributed by atoms with Crippen LogP contribution < -0.4 is 10.2 Å². The van der Waals surface area contributed by atoms with E-state index in [0.717, 1.165) is 66.1 Å². The van der Waals surface area contributed by atoms with E-state index in [1.165, 1.54) is 0 Å². The van der Waals surface area contributed by atoms with Gasteiger partial charge in [-0.2, -0.15) is 5.10 Å². The topological polar surface area (TPSA) is 68.4 Å². The van der Waals surface area contributed by atoms with Crippen LogP contribution in [0.4, 0.5) is 5.82 Å². The lowest BCUT2D eigenvalue weighted by molar-refractivity contribution is 0.0529. The number of hydrogen-bond acceptors (Lipinski definition) is 6. The smallest absolute Gasteiger partial charge is 0.154 e. The molecule has 1 atom stereocenters. The monoisotopic (exact) mass is 443 g/mol. The number of benzene rings is 1. The Morgan fingerprint density at radius 1 is 1.06 bits per heavy atom. The van der Waals surface area contributed by atoms with Crippen molar-refractivity contribution in [3.63, 3.8) is 0 Å². The van der Waals surface area contributed by atoms with E-state index in [1.54, 1.807) is 0 Å². The first-order valence-electron chi connectivity index (χ1n) is 11.4. The van der Waals surface area contributed by atoms with Gasteiger partial charge in [-0.15, -0.1) is 0 Å². The Labute approximate surface area is 194 Å². The average Bonchev–Trinajstić information content (AvgIpc) is 3.46. The number of morpholine rings is 1. The summed E-state index contributed by atoms with van der Waals surface area (Å²) in [5.41, 5.74) is 4.10. The Morgan fingerprint density at radius 2 is 1.94 bits per heavy atom. The second kappa shape index (κ2) is 9.60. The van der Waals surface area contributed by atoms with Crippen molar-refractivity contribution in [3.8, 4) is 17.1 Å². The molecule has 4 heterocycles. The molecule has 5 rings (SSSR count). The van der Waals surface area contributed by atoms with Gasteiger partial charge in [0.1, 0.15) is 17.3 Å². The molecule has 4 aromatic rings. The second-order valence-corrected chi connectivity index (χ2v) is 8.45. The van der Waals surface area contributed by atoms with Crippen molar-refractivity contribution in [2.24, 2.45) is 0 Å². The highest BCUT2D eigenvalue weighted by molar-refractivity contribution is 5.58. The van der Waals surface area contributed by atoms with Crippen molar-refractivity contribution in [1.82, 2.24) is 20.1 Å². The highest BCUT2D eigenvalue weighted by Gasteiger charge is 2.18. The minimum absolute atomic E-state index is 0.242. The molecule has 1 N–H and O–H groups in total. The van der Waals surface area contributed by atoms with Gasteiger partial charge in [0.05, 0.1) is 18.4 Å². The molecule has 3 aromatic heterocycles. The summed E-state index contributed by atoms with van der Waals surface area (Å²) >= 11 is 0. The Bertz CT molecular complexity index is 1180. The normalized spacial score (nSPS) is 16.3. The van der Waals surface area contributed by atoms with Crippen LogP contribution in [0.2, 0.25) is 0 Å². The van der Waals surface area contributed by atoms with Crippen molar-refractivity contribution in [3.05, 3.63) is 83.9 Å². The van der Waals surface area contributed by atoms with Crippen molar-refractivity contribution < 1.29 is 9.15 Å².